The van der Waals surface area contributed by atoms with E-state index in [4.69, 9.17) is 0 Å². The van der Waals surface area contributed by atoms with E-state index in [-0.39, 0.29) is 12.0 Å². The van der Waals surface area contributed by atoms with Gasteiger partial charge in [-0.05, 0) is 42.9 Å². The normalized spacial score (nSPS) is 64.4. The molecule has 3 fully saturated rings. The molecule has 0 aromatic carbocycles. The van der Waals surface area contributed by atoms with Crippen molar-refractivity contribution in [1.82, 2.24) is 0 Å². The van der Waals surface area contributed by atoms with Gasteiger partial charge in [0.05, 0.1) is 18.3 Å². The van der Waals surface area contributed by atoms with Crippen LogP contribution >= 0.6 is 0 Å². The van der Waals surface area contributed by atoms with Crippen LogP contribution in [0.4, 0.5) is 0 Å². The van der Waals surface area contributed by atoms with Crippen LogP contribution < -0.4 is 0 Å². The molecule has 0 spiro atoms. The second-order valence-electron chi connectivity index (χ2n) is 5.00. The van der Waals surface area contributed by atoms with E-state index in [1.807, 2.05) is 0 Å². The van der Waals surface area contributed by atoms with Crippen molar-refractivity contribution in [1.29, 1.82) is 0 Å². The number of aliphatic hydroxyl groups is 3. The predicted molar refractivity (Wildman–Crippen MR) is 45.8 cm³/mol. The first kappa shape index (κ1) is 8.21. The number of hydrogen-bond acceptors (Lipinski definition) is 3. The van der Waals surface area contributed by atoms with Crippen LogP contribution in [0.25, 0.3) is 0 Å². The van der Waals surface area contributed by atoms with Gasteiger partial charge in [0.1, 0.15) is 0 Å². The van der Waals surface area contributed by atoms with Crippen molar-refractivity contribution < 1.29 is 15.3 Å². The molecule has 3 aliphatic rings. The fraction of sp³-hybridized carbons (Fsp3) is 1.00. The first-order valence-corrected chi connectivity index (χ1v) is 5.22. The Labute approximate surface area is 77.4 Å². The minimum Gasteiger partial charge on any atom is -0.393 e. The zero-order valence-electron chi connectivity index (χ0n) is 7.50. The molecule has 0 aromatic rings. The molecule has 3 rings (SSSR count). The fourth-order valence-electron chi connectivity index (χ4n) is 4.04. The SMILES string of the molecule is OC1CC2C3CC(CC3O)C2C1O. The van der Waals surface area contributed by atoms with Gasteiger partial charge in [-0.25, -0.2) is 0 Å². The number of fused-ring (bicyclic) bond motifs is 5. The molecule has 3 heteroatoms. The second kappa shape index (κ2) is 2.47. The highest BCUT2D eigenvalue weighted by Gasteiger charge is 2.59. The van der Waals surface area contributed by atoms with E-state index in [2.05, 4.69) is 0 Å². The molecule has 0 amide bonds. The van der Waals surface area contributed by atoms with Crippen molar-refractivity contribution in [3.8, 4) is 0 Å². The largest absolute Gasteiger partial charge is 0.393 e. The van der Waals surface area contributed by atoms with Gasteiger partial charge in [-0.2, -0.15) is 0 Å². The molecule has 3 nitrogen and oxygen atoms in total. The molecule has 2 bridgehead atoms. The lowest BCUT2D eigenvalue weighted by atomic mass is 9.79. The number of aliphatic hydroxyl groups excluding tert-OH is 3. The third-order valence-electron chi connectivity index (χ3n) is 4.50. The Bertz CT molecular complexity index is 230. The van der Waals surface area contributed by atoms with Crippen LogP contribution in [0.5, 0.6) is 0 Å². The summed E-state index contributed by atoms with van der Waals surface area (Å²) in [6.45, 7) is 0. The van der Waals surface area contributed by atoms with Gasteiger partial charge in [0.25, 0.3) is 0 Å². The van der Waals surface area contributed by atoms with Crippen LogP contribution in [0, 0.1) is 23.7 Å². The molecule has 0 radical (unpaired) electrons. The lowest BCUT2D eigenvalue weighted by molar-refractivity contribution is -0.00377. The Morgan fingerprint density at radius 1 is 0.769 bits per heavy atom. The van der Waals surface area contributed by atoms with Crippen molar-refractivity contribution in [3.63, 3.8) is 0 Å². The first-order valence-electron chi connectivity index (χ1n) is 5.22. The Hall–Kier alpha value is -0.120. The van der Waals surface area contributed by atoms with Crippen LogP contribution in [0.15, 0.2) is 0 Å². The van der Waals surface area contributed by atoms with Crippen LogP contribution in [0.1, 0.15) is 19.3 Å². The Kier molecular flexibility index (Phi) is 1.56. The maximum absolute atomic E-state index is 9.74. The second-order valence-corrected chi connectivity index (χ2v) is 5.00. The standard InChI is InChI=1S/C10H16O3/c11-7-2-4-1-5(7)6-3-8(12)10(13)9(4)6/h4-13H,1-3H2. The van der Waals surface area contributed by atoms with Crippen molar-refractivity contribution >= 4 is 0 Å². The van der Waals surface area contributed by atoms with Gasteiger partial charge in [-0.1, -0.05) is 0 Å². The summed E-state index contributed by atoms with van der Waals surface area (Å²) in [4.78, 5) is 0. The van der Waals surface area contributed by atoms with Crippen LogP contribution in [-0.2, 0) is 0 Å². The topological polar surface area (TPSA) is 60.7 Å². The quantitative estimate of drug-likeness (QED) is 0.486. The van der Waals surface area contributed by atoms with Gasteiger partial charge in [0.2, 0.25) is 0 Å². The predicted octanol–water partition coefficient (Wildman–Crippen LogP) is -0.255. The lowest BCUT2D eigenvalue weighted by Crippen LogP contribution is -2.33. The first-order chi connectivity index (χ1) is 6.18. The van der Waals surface area contributed by atoms with Crippen LogP contribution in [0.3, 0.4) is 0 Å². The fourth-order valence-corrected chi connectivity index (χ4v) is 4.04. The van der Waals surface area contributed by atoms with Crippen molar-refractivity contribution in [2.75, 3.05) is 0 Å². The van der Waals surface area contributed by atoms with E-state index in [0.717, 1.165) is 12.8 Å². The molecule has 0 heterocycles. The summed E-state index contributed by atoms with van der Waals surface area (Å²) in [6.07, 6.45) is 1.39. The minimum atomic E-state index is -0.536. The van der Waals surface area contributed by atoms with Crippen LogP contribution in [0.2, 0.25) is 0 Å². The molecule has 0 saturated heterocycles. The third-order valence-corrected chi connectivity index (χ3v) is 4.50. The van der Waals surface area contributed by atoms with E-state index in [9.17, 15) is 15.3 Å². The summed E-state index contributed by atoms with van der Waals surface area (Å²) < 4.78 is 0. The summed E-state index contributed by atoms with van der Waals surface area (Å²) in [5.41, 5.74) is 0. The highest BCUT2D eigenvalue weighted by atomic mass is 16.3. The lowest BCUT2D eigenvalue weighted by Gasteiger charge is -2.29. The summed E-state index contributed by atoms with van der Waals surface area (Å²) in [6, 6.07) is 0. The molecule has 7 unspecified atom stereocenters. The van der Waals surface area contributed by atoms with E-state index in [1.54, 1.807) is 0 Å². The highest BCUT2D eigenvalue weighted by molar-refractivity contribution is 5.08. The molecular weight excluding hydrogens is 168 g/mol. The summed E-state index contributed by atoms with van der Waals surface area (Å²) >= 11 is 0. The molecule has 0 aliphatic heterocycles. The van der Waals surface area contributed by atoms with Gasteiger partial charge in [-0.15, -0.1) is 0 Å². The monoisotopic (exact) mass is 184 g/mol. The zero-order chi connectivity index (χ0) is 9.16. The van der Waals surface area contributed by atoms with Gasteiger partial charge in [-0.3, -0.25) is 0 Å². The van der Waals surface area contributed by atoms with Gasteiger partial charge in [0, 0.05) is 0 Å². The smallest absolute Gasteiger partial charge is 0.0832 e. The molecule has 0 aromatic heterocycles. The van der Waals surface area contributed by atoms with Gasteiger partial charge in [0.15, 0.2) is 0 Å². The summed E-state index contributed by atoms with van der Waals surface area (Å²) in [5, 5.41) is 28.9. The number of rotatable bonds is 0. The van der Waals surface area contributed by atoms with Gasteiger partial charge >= 0.3 is 0 Å². The maximum atomic E-state index is 9.74. The molecular formula is C10H16O3. The highest BCUT2D eigenvalue weighted by Crippen LogP contribution is 2.58. The summed E-state index contributed by atoms with van der Waals surface area (Å²) in [5.74, 6) is 1.50. The van der Waals surface area contributed by atoms with E-state index in [0.29, 0.717) is 24.2 Å². The molecule has 3 N–H and O–H groups in total. The molecule has 3 saturated carbocycles. The molecule has 74 valence electrons. The molecule has 3 aliphatic carbocycles. The minimum absolute atomic E-state index is 0.163. The third kappa shape index (κ3) is 0.901. The van der Waals surface area contributed by atoms with E-state index in [1.165, 1.54) is 0 Å². The van der Waals surface area contributed by atoms with Crippen molar-refractivity contribution in [2.45, 2.75) is 37.6 Å². The molecule has 7 atom stereocenters. The Morgan fingerprint density at radius 3 is 2.31 bits per heavy atom. The zero-order valence-corrected chi connectivity index (χ0v) is 7.50. The maximum Gasteiger partial charge on any atom is 0.0832 e. The number of hydrogen-bond donors (Lipinski definition) is 3. The summed E-state index contributed by atoms with van der Waals surface area (Å²) in [7, 11) is 0. The van der Waals surface area contributed by atoms with Crippen molar-refractivity contribution in [2.24, 2.45) is 23.7 Å². The molecule has 13 heavy (non-hydrogen) atoms. The van der Waals surface area contributed by atoms with Gasteiger partial charge < -0.3 is 15.3 Å². The Balaban J connectivity index is 1.89. The van der Waals surface area contributed by atoms with Crippen molar-refractivity contribution in [3.05, 3.63) is 0 Å². The average Bonchev–Trinajstić information content (AvgIpc) is 2.65. The van der Waals surface area contributed by atoms with Crippen LogP contribution in [-0.4, -0.2) is 33.6 Å². The van der Waals surface area contributed by atoms with E-state index >= 15 is 0 Å². The van der Waals surface area contributed by atoms with E-state index < -0.39 is 12.2 Å². The Morgan fingerprint density at radius 2 is 1.54 bits per heavy atom. The average molecular weight is 184 g/mol.